The minimum absolute atomic E-state index is 0.196. The number of hydrogen-bond acceptors (Lipinski definition) is 2. The fraction of sp³-hybridized carbons (Fsp3) is 0. The van der Waals surface area contributed by atoms with Crippen molar-refractivity contribution in [3.8, 4) is 0 Å². The van der Waals surface area contributed by atoms with Gasteiger partial charge in [0, 0.05) is 6.20 Å². The molecule has 0 atom stereocenters. The predicted octanol–water partition coefficient (Wildman–Crippen LogP) is 0.627. The Labute approximate surface area is 75.4 Å². The van der Waals surface area contributed by atoms with Gasteiger partial charge >= 0.3 is 5.69 Å². The summed E-state index contributed by atoms with van der Waals surface area (Å²) < 4.78 is 2.44. The summed E-state index contributed by atoms with van der Waals surface area (Å²) in [6.07, 6.45) is 1.68. The summed E-state index contributed by atoms with van der Waals surface area (Å²) in [6, 6.07) is 3.71. The number of aromatic amines is 1. The molecule has 56 valence electrons. The van der Waals surface area contributed by atoms with Gasteiger partial charge in [-0.2, -0.15) is 5.10 Å². The Bertz CT molecular complexity index is 444. The molecule has 2 rings (SSSR count). The maximum atomic E-state index is 11.0. The number of halogens is 1. The van der Waals surface area contributed by atoms with Crippen molar-refractivity contribution >= 4 is 28.2 Å². The first kappa shape index (κ1) is 6.84. The first-order valence-corrected chi connectivity index (χ1v) is 4.08. The van der Waals surface area contributed by atoms with E-state index in [1.165, 1.54) is 4.40 Å². The predicted molar refractivity (Wildman–Crippen MR) is 48.5 cm³/mol. The van der Waals surface area contributed by atoms with Crippen LogP contribution in [0.15, 0.2) is 23.1 Å². The van der Waals surface area contributed by atoms with Crippen molar-refractivity contribution in [2.75, 3.05) is 0 Å². The maximum Gasteiger partial charge on any atom is 0.347 e. The highest BCUT2D eigenvalue weighted by atomic mass is 127. The molecular weight excluding hydrogens is 257 g/mol. The molecule has 11 heavy (non-hydrogen) atoms. The quantitative estimate of drug-likeness (QED) is 0.707. The molecule has 0 saturated carbocycles. The number of aromatic nitrogens is 3. The Morgan fingerprint density at radius 1 is 1.64 bits per heavy atom. The van der Waals surface area contributed by atoms with E-state index < -0.39 is 0 Å². The number of hydrogen-bond donors (Lipinski definition) is 1. The Morgan fingerprint density at radius 3 is 3.18 bits per heavy atom. The molecule has 0 amide bonds. The number of nitrogens with zero attached hydrogens (tertiary/aromatic N) is 2. The first-order valence-electron chi connectivity index (χ1n) is 3.00. The fourth-order valence-electron chi connectivity index (χ4n) is 0.900. The van der Waals surface area contributed by atoms with E-state index in [-0.39, 0.29) is 5.69 Å². The van der Waals surface area contributed by atoms with Gasteiger partial charge in [0.15, 0.2) is 5.65 Å². The number of fused-ring (bicyclic) bond motifs is 1. The van der Waals surface area contributed by atoms with Crippen LogP contribution in [0.1, 0.15) is 0 Å². The minimum Gasteiger partial charge on any atom is -0.250 e. The summed E-state index contributed by atoms with van der Waals surface area (Å²) in [5.74, 6) is 0. The van der Waals surface area contributed by atoms with Crippen molar-refractivity contribution in [3.05, 3.63) is 32.4 Å². The van der Waals surface area contributed by atoms with Crippen LogP contribution < -0.4 is 5.69 Å². The second-order valence-electron chi connectivity index (χ2n) is 2.08. The van der Waals surface area contributed by atoms with Crippen molar-refractivity contribution in [2.45, 2.75) is 0 Å². The Kier molecular flexibility index (Phi) is 1.45. The SMILES string of the molecule is O=c1[nH]nc2c(I)cccn12. The molecule has 0 aliphatic rings. The average molecular weight is 261 g/mol. The topological polar surface area (TPSA) is 50.2 Å². The van der Waals surface area contributed by atoms with Gasteiger partial charge in [-0.05, 0) is 34.7 Å². The van der Waals surface area contributed by atoms with Gasteiger partial charge in [-0.3, -0.25) is 0 Å². The molecule has 0 bridgehead atoms. The summed E-state index contributed by atoms with van der Waals surface area (Å²) >= 11 is 2.13. The molecule has 0 saturated heterocycles. The van der Waals surface area contributed by atoms with E-state index in [0.717, 1.165) is 3.57 Å². The standard InChI is InChI=1S/C6H4IN3O/c7-4-2-1-3-10-5(4)8-9-6(10)11/h1-3H,(H,9,11). The Balaban J connectivity index is 3.06. The second-order valence-corrected chi connectivity index (χ2v) is 3.24. The smallest absolute Gasteiger partial charge is 0.250 e. The van der Waals surface area contributed by atoms with Gasteiger partial charge < -0.3 is 0 Å². The lowest BCUT2D eigenvalue weighted by molar-refractivity contribution is 1.02. The van der Waals surface area contributed by atoms with E-state index in [1.807, 2.05) is 12.1 Å². The third-order valence-electron chi connectivity index (χ3n) is 1.40. The van der Waals surface area contributed by atoms with Gasteiger partial charge in [0.05, 0.1) is 3.57 Å². The molecule has 2 heterocycles. The number of nitrogens with one attached hydrogen (secondary N) is 1. The molecule has 2 aromatic heterocycles. The first-order chi connectivity index (χ1) is 5.29. The lowest BCUT2D eigenvalue weighted by Crippen LogP contribution is -2.08. The second kappa shape index (κ2) is 2.33. The van der Waals surface area contributed by atoms with Gasteiger partial charge in [0.1, 0.15) is 0 Å². The molecule has 0 unspecified atom stereocenters. The third-order valence-corrected chi connectivity index (χ3v) is 2.24. The van der Waals surface area contributed by atoms with Gasteiger partial charge in [-0.25, -0.2) is 14.3 Å². The molecule has 0 aliphatic carbocycles. The summed E-state index contributed by atoms with van der Waals surface area (Å²) in [5, 5.41) is 6.21. The molecule has 0 aliphatic heterocycles. The van der Waals surface area contributed by atoms with E-state index in [4.69, 9.17) is 0 Å². The van der Waals surface area contributed by atoms with Gasteiger partial charge in [0.25, 0.3) is 0 Å². The molecule has 0 fully saturated rings. The molecule has 2 aromatic rings. The summed E-state index contributed by atoms with van der Waals surface area (Å²) in [5.41, 5.74) is 0.483. The number of pyridine rings is 1. The zero-order valence-corrected chi connectivity index (χ0v) is 7.57. The van der Waals surface area contributed by atoms with Crippen LogP contribution in [0.3, 0.4) is 0 Å². The number of H-pyrrole nitrogens is 1. The van der Waals surface area contributed by atoms with Crippen molar-refractivity contribution in [3.63, 3.8) is 0 Å². The molecule has 4 nitrogen and oxygen atoms in total. The van der Waals surface area contributed by atoms with Gasteiger partial charge in [-0.15, -0.1) is 0 Å². The van der Waals surface area contributed by atoms with Crippen LogP contribution in [-0.2, 0) is 0 Å². The van der Waals surface area contributed by atoms with E-state index in [9.17, 15) is 4.79 Å². The lowest BCUT2D eigenvalue weighted by atomic mass is 10.5. The van der Waals surface area contributed by atoms with Crippen molar-refractivity contribution in [1.82, 2.24) is 14.6 Å². The minimum atomic E-state index is -0.196. The Hall–Kier alpha value is -0.850. The highest BCUT2D eigenvalue weighted by molar-refractivity contribution is 14.1. The van der Waals surface area contributed by atoms with Crippen molar-refractivity contribution in [1.29, 1.82) is 0 Å². The van der Waals surface area contributed by atoms with Crippen LogP contribution >= 0.6 is 22.6 Å². The summed E-state index contributed by atoms with van der Waals surface area (Å²) in [7, 11) is 0. The van der Waals surface area contributed by atoms with Crippen LogP contribution in [0.5, 0.6) is 0 Å². The third kappa shape index (κ3) is 0.953. The Morgan fingerprint density at radius 2 is 2.45 bits per heavy atom. The van der Waals surface area contributed by atoms with E-state index in [1.54, 1.807) is 6.20 Å². The lowest BCUT2D eigenvalue weighted by Gasteiger charge is -1.90. The van der Waals surface area contributed by atoms with Crippen LogP contribution in [0.4, 0.5) is 0 Å². The zero-order chi connectivity index (χ0) is 7.84. The average Bonchev–Trinajstić information content (AvgIpc) is 2.35. The van der Waals surface area contributed by atoms with Crippen LogP contribution in [-0.4, -0.2) is 14.6 Å². The fourth-order valence-corrected chi connectivity index (χ4v) is 1.49. The molecule has 5 heteroatoms. The number of rotatable bonds is 0. The molecule has 0 radical (unpaired) electrons. The van der Waals surface area contributed by atoms with Gasteiger partial charge in [0.2, 0.25) is 0 Å². The summed E-state index contributed by atoms with van der Waals surface area (Å²) in [4.78, 5) is 11.0. The normalized spacial score (nSPS) is 10.6. The summed E-state index contributed by atoms with van der Waals surface area (Å²) in [6.45, 7) is 0. The van der Waals surface area contributed by atoms with E-state index in [0.29, 0.717) is 5.65 Å². The highest BCUT2D eigenvalue weighted by Crippen LogP contribution is 2.07. The van der Waals surface area contributed by atoms with Crippen LogP contribution in [0, 0.1) is 3.57 Å². The van der Waals surface area contributed by atoms with Crippen LogP contribution in [0.25, 0.3) is 5.65 Å². The molecule has 0 spiro atoms. The molecule has 0 aromatic carbocycles. The van der Waals surface area contributed by atoms with Crippen molar-refractivity contribution in [2.24, 2.45) is 0 Å². The van der Waals surface area contributed by atoms with E-state index in [2.05, 4.69) is 32.8 Å². The largest absolute Gasteiger partial charge is 0.347 e. The zero-order valence-electron chi connectivity index (χ0n) is 5.41. The molecule has 1 N–H and O–H groups in total. The monoisotopic (exact) mass is 261 g/mol. The van der Waals surface area contributed by atoms with Gasteiger partial charge in [-0.1, -0.05) is 0 Å². The van der Waals surface area contributed by atoms with Crippen molar-refractivity contribution < 1.29 is 0 Å². The van der Waals surface area contributed by atoms with E-state index >= 15 is 0 Å². The molecular formula is C6H4IN3O. The maximum absolute atomic E-state index is 11.0. The highest BCUT2D eigenvalue weighted by Gasteiger charge is 2.00. The van der Waals surface area contributed by atoms with Crippen LogP contribution in [0.2, 0.25) is 0 Å².